The summed E-state index contributed by atoms with van der Waals surface area (Å²) in [6.07, 6.45) is 6.44. The van der Waals surface area contributed by atoms with Crippen molar-refractivity contribution in [1.82, 2.24) is 0 Å². The molecule has 2 saturated carbocycles. The lowest BCUT2D eigenvalue weighted by Gasteiger charge is -2.44. The summed E-state index contributed by atoms with van der Waals surface area (Å²) >= 11 is 0. The third kappa shape index (κ3) is 2.07. The van der Waals surface area contributed by atoms with Crippen LogP contribution in [0.3, 0.4) is 0 Å². The van der Waals surface area contributed by atoms with Crippen molar-refractivity contribution in [2.24, 2.45) is 16.7 Å². The van der Waals surface area contributed by atoms with Crippen LogP contribution in [0.1, 0.15) is 73.1 Å². The molecule has 0 amide bonds. The van der Waals surface area contributed by atoms with Gasteiger partial charge in [0.15, 0.2) is 5.60 Å². The first-order chi connectivity index (χ1) is 9.29. The zero-order valence-corrected chi connectivity index (χ0v) is 13.6. The van der Waals surface area contributed by atoms with E-state index >= 15 is 0 Å². The van der Waals surface area contributed by atoms with Gasteiger partial charge in [-0.15, -0.1) is 0 Å². The molecule has 2 nitrogen and oxygen atoms in total. The standard InChI is InChI=1S/C18H28O2/c1-6-7-8-9-11-18(20-14(2)19)13-15-10-12-17(18,5)16(15,3)4/h15H,6-8,10,12-13H2,1-5H3. The molecule has 0 aromatic carbocycles. The molecule has 2 aliphatic carbocycles. The van der Waals surface area contributed by atoms with E-state index in [9.17, 15) is 4.79 Å². The molecule has 2 bridgehead atoms. The van der Waals surface area contributed by atoms with Crippen molar-refractivity contribution in [3.05, 3.63) is 0 Å². The summed E-state index contributed by atoms with van der Waals surface area (Å²) in [5, 5.41) is 0. The fourth-order valence-corrected chi connectivity index (χ4v) is 4.33. The van der Waals surface area contributed by atoms with Gasteiger partial charge in [-0.3, -0.25) is 4.79 Å². The van der Waals surface area contributed by atoms with Crippen LogP contribution in [0.25, 0.3) is 0 Å². The molecular weight excluding hydrogens is 248 g/mol. The molecule has 0 spiro atoms. The molecule has 0 saturated heterocycles. The normalized spacial score (nSPS) is 37.4. The number of carbonyl (C=O) groups excluding carboxylic acids is 1. The Morgan fingerprint density at radius 3 is 2.50 bits per heavy atom. The summed E-state index contributed by atoms with van der Waals surface area (Å²) < 4.78 is 5.84. The second-order valence-corrected chi connectivity index (χ2v) is 7.32. The van der Waals surface area contributed by atoms with E-state index in [1.165, 1.54) is 13.3 Å². The van der Waals surface area contributed by atoms with E-state index in [0.29, 0.717) is 5.92 Å². The predicted molar refractivity (Wildman–Crippen MR) is 81.0 cm³/mol. The fourth-order valence-electron chi connectivity index (χ4n) is 4.33. The maximum Gasteiger partial charge on any atom is 0.304 e. The molecule has 0 aromatic rings. The molecule has 2 heteroatoms. The number of carbonyl (C=O) groups is 1. The van der Waals surface area contributed by atoms with Gasteiger partial charge in [-0.2, -0.15) is 0 Å². The Balaban J connectivity index is 2.34. The molecule has 0 aliphatic heterocycles. The van der Waals surface area contributed by atoms with Gasteiger partial charge >= 0.3 is 5.97 Å². The van der Waals surface area contributed by atoms with Crippen molar-refractivity contribution >= 4 is 5.97 Å². The van der Waals surface area contributed by atoms with Crippen LogP contribution in [0.5, 0.6) is 0 Å². The highest BCUT2D eigenvalue weighted by atomic mass is 16.6. The van der Waals surface area contributed by atoms with E-state index in [1.807, 2.05) is 0 Å². The zero-order chi connectivity index (χ0) is 15.0. The molecule has 0 heterocycles. The highest BCUT2D eigenvalue weighted by molar-refractivity contribution is 5.67. The SMILES string of the molecule is CCCCC#CC1(OC(C)=O)CC2CCC1(C)C2(C)C. The second kappa shape index (κ2) is 5.10. The summed E-state index contributed by atoms with van der Waals surface area (Å²) in [7, 11) is 0. The third-order valence-electron chi connectivity index (χ3n) is 6.12. The zero-order valence-electron chi connectivity index (χ0n) is 13.6. The second-order valence-electron chi connectivity index (χ2n) is 7.32. The van der Waals surface area contributed by atoms with Gasteiger partial charge in [-0.05, 0) is 30.6 Å². The Kier molecular flexibility index (Phi) is 3.93. The minimum absolute atomic E-state index is 0.0183. The van der Waals surface area contributed by atoms with Crippen LogP contribution in [0.2, 0.25) is 0 Å². The molecule has 2 rings (SSSR count). The first-order valence-corrected chi connectivity index (χ1v) is 7.99. The number of hydrogen-bond donors (Lipinski definition) is 0. The third-order valence-corrected chi connectivity index (χ3v) is 6.12. The monoisotopic (exact) mass is 276 g/mol. The largest absolute Gasteiger partial charge is 0.445 e. The molecule has 0 aromatic heterocycles. The molecule has 112 valence electrons. The number of hydrogen-bond acceptors (Lipinski definition) is 2. The molecule has 2 fully saturated rings. The molecule has 20 heavy (non-hydrogen) atoms. The van der Waals surface area contributed by atoms with E-state index in [1.54, 1.807) is 0 Å². The highest BCUT2D eigenvalue weighted by Gasteiger charge is 2.70. The topological polar surface area (TPSA) is 26.3 Å². The van der Waals surface area contributed by atoms with Gasteiger partial charge in [0.1, 0.15) is 0 Å². The maximum absolute atomic E-state index is 11.6. The number of unbranched alkanes of at least 4 members (excludes halogenated alkanes) is 2. The van der Waals surface area contributed by atoms with Gasteiger partial charge < -0.3 is 4.74 Å². The minimum atomic E-state index is -0.557. The fraction of sp³-hybridized carbons (Fsp3) is 0.833. The average molecular weight is 276 g/mol. The van der Waals surface area contributed by atoms with Crippen LogP contribution in [0.15, 0.2) is 0 Å². The number of rotatable bonds is 3. The van der Waals surface area contributed by atoms with Gasteiger partial charge in [0, 0.05) is 25.2 Å². The lowest BCUT2D eigenvalue weighted by Crippen LogP contribution is -2.49. The van der Waals surface area contributed by atoms with E-state index < -0.39 is 5.60 Å². The Hall–Kier alpha value is -0.970. The molecular formula is C18H28O2. The highest BCUT2D eigenvalue weighted by Crippen LogP contribution is 2.70. The van der Waals surface area contributed by atoms with Crippen molar-refractivity contribution in [2.75, 3.05) is 0 Å². The Bertz CT molecular complexity index is 454. The van der Waals surface area contributed by atoms with Gasteiger partial charge in [-0.1, -0.05) is 46.0 Å². The molecule has 3 unspecified atom stereocenters. The Morgan fingerprint density at radius 2 is 2.05 bits per heavy atom. The van der Waals surface area contributed by atoms with Crippen LogP contribution in [-0.4, -0.2) is 11.6 Å². The first kappa shape index (κ1) is 15.4. The van der Waals surface area contributed by atoms with Crippen LogP contribution < -0.4 is 0 Å². The Morgan fingerprint density at radius 1 is 1.35 bits per heavy atom. The van der Waals surface area contributed by atoms with Crippen molar-refractivity contribution in [3.8, 4) is 11.8 Å². The molecule has 2 aliphatic rings. The Labute approximate surface area is 123 Å². The summed E-state index contributed by atoms with van der Waals surface area (Å²) in [4.78, 5) is 11.6. The number of ether oxygens (including phenoxy) is 1. The number of fused-ring (bicyclic) bond motifs is 2. The lowest BCUT2D eigenvalue weighted by atomic mass is 9.64. The van der Waals surface area contributed by atoms with E-state index in [-0.39, 0.29) is 16.8 Å². The minimum Gasteiger partial charge on any atom is -0.445 e. The molecule has 0 radical (unpaired) electrons. The van der Waals surface area contributed by atoms with Crippen molar-refractivity contribution in [2.45, 2.75) is 78.7 Å². The van der Waals surface area contributed by atoms with Gasteiger partial charge in [0.2, 0.25) is 0 Å². The lowest BCUT2D eigenvalue weighted by molar-refractivity contribution is -0.164. The van der Waals surface area contributed by atoms with Crippen molar-refractivity contribution < 1.29 is 9.53 Å². The summed E-state index contributed by atoms with van der Waals surface area (Å²) in [5.41, 5.74) is -0.379. The average Bonchev–Trinajstić information content (AvgIpc) is 2.66. The summed E-state index contributed by atoms with van der Waals surface area (Å²) in [5.74, 6) is 7.11. The summed E-state index contributed by atoms with van der Waals surface area (Å²) in [6.45, 7) is 10.6. The van der Waals surface area contributed by atoms with E-state index in [4.69, 9.17) is 4.74 Å². The predicted octanol–water partition coefficient (Wildman–Crippen LogP) is 4.33. The molecule has 0 N–H and O–H groups in total. The maximum atomic E-state index is 11.6. The van der Waals surface area contributed by atoms with Crippen LogP contribution in [-0.2, 0) is 9.53 Å². The quantitative estimate of drug-likeness (QED) is 0.436. The smallest absolute Gasteiger partial charge is 0.304 e. The van der Waals surface area contributed by atoms with Gasteiger partial charge in [0.05, 0.1) is 0 Å². The number of esters is 1. The van der Waals surface area contributed by atoms with E-state index in [2.05, 4.69) is 39.5 Å². The van der Waals surface area contributed by atoms with E-state index in [0.717, 1.165) is 32.1 Å². The molecule has 3 atom stereocenters. The van der Waals surface area contributed by atoms with Crippen molar-refractivity contribution in [3.63, 3.8) is 0 Å². The van der Waals surface area contributed by atoms with Crippen LogP contribution in [0.4, 0.5) is 0 Å². The van der Waals surface area contributed by atoms with Crippen molar-refractivity contribution in [1.29, 1.82) is 0 Å². The first-order valence-electron chi connectivity index (χ1n) is 7.99. The van der Waals surface area contributed by atoms with Crippen LogP contribution >= 0.6 is 0 Å². The van der Waals surface area contributed by atoms with Crippen LogP contribution in [0, 0.1) is 28.6 Å². The van der Waals surface area contributed by atoms with Gasteiger partial charge in [-0.25, -0.2) is 0 Å². The summed E-state index contributed by atoms with van der Waals surface area (Å²) in [6, 6.07) is 0. The van der Waals surface area contributed by atoms with Gasteiger partial charge in [0.25, 0.3) is 0 Å².